The van der Waals surface area contributed by atoms with E-state index in [-0.39, 0.29) is 21.7 Å². The summed E-state index contributed by atoms with van der Waals surface area (Å²) in [6.07, 6.45) is 1.60. The summed E-state index contributed by atoms with van der Waals surface area (Å²) in [4.78, 5) is 23.6. The number of carbonyl (C=O) groups is 2. The van der Waals surface area contributed by atoms with E-state index in [0.29, 0.717) is 0 Å². The highest BCUT2D eigenvalue weighted by atomic mass is 32.2. The highest BCUT2D eigenvalue weighted by molar-refractivity contribution is 8.01. The van der Waals surface area contributed by atoms with Gasteiger partial charge >= 0.3 is 5.97 Å². The summed E-state index contributed by atoms with van der Waals surface area (Å²) in [5.41, 5.74) is 5.68. The van der Waals surface area contributed by atoms with Gasteiger partial charge in [-0.2, -0.15) is 0 Å². The number of carboxylic acids is 1. The molecule has 2 aliphatic rings. The highest BCUT2D eigenvalue weighted by Gasteiger charge is 2.53. The average molecular weight is 228 g/mol. The van der Waals surface area contributed by atoms with Crippen molar-refractivity contribution in [2.24, 2.45) is 5.73 Å². The molecule has 0 bridgehead atoms. The van der Waals surface area contributed by atoms with E-state index in [1.54, 1.807) is 6.08 Å². The van der Waals surface area contributed by atoms with Crippen LogP contribution in [-0.2, 0) is 9.59 Å². The van der Waals surface area contributed by atoms with Crippen LogP contribution in [0.4, 0.5) is 0 Å². The number of aliphatic carboxylic acids is 1. The van der Waals surface area contributed by atoms with Gasteiger partial charge in [0.25, 0.3) is 0 Å². The van der Waals surface area contributed by atoms with Gasteiger partial charge in [-0.3, -0.25) is 9.69 Å². The molecule has 5 nitrogen and oxygen atoms in total. The Balaban J connectivity index is 2.39. The lowest BCUT2D eigenvalue weighted by atomic mass is 10.0. The normalized spacial score (nSPS) is 32.9. The molecule has 1 unspecified atom stereocenters. The first-order valence-corrected chi connectivity index (χ1v) is 5.44. The Hall–Kier alpha value is -1.01. The smallest absolute Gasteiger partial charge is 0.352 e. The van der Waals surface area contributed by atoms with Gasteiger partial charge in [0.05, 0.1) is 0 Å². The van der Waals surface area contributed by atoms with Crippen LogP contribution in [0, 0.1) is 0 Å². The maximum atomic E-state index is 11.4. The van der Waals surface area contributed by atoms with Gasteiger partial charge in [-0.15, -0.1) is 11.8 Å². The molecular weight excluding hydrogens is 216 g/mol. The predicted molar refractivity (Wildman–Crippen MR) is 56.0 cm³/mol. The van der Waals surface area contributed by atoms with E-state index >= 15 is 0 Å². The molecule has 6 heteroatoms. The Bertz CT molecular complexity index is 378. The minimum absolute atomic E-state index is 0.0513. The van der Waals surface area contributed by atoms with Crippen LogP contribution in [0.1, 0.15) is 13.8 Å². The molecule has 2 atom stereocenters. The third-order valence-corrected chi connectivity index (χ3v) is 3.94. The van der Waals surface area contributed by atoms with Crippen LogP contribution in [-0.4, -0.2) is 38.0 Å². The molecule has 1 saturated heterocycles. The van der Waals surface area contributed by atoms with E-state index in [2.05, 4.69) is 0 Å². The first-order chi connectivity index (χ1) is 6.83. The first kappa shape index (κ1) is 10.5. The van der Waals surface area contributed by atoms with Crippen molar-refractivity contribution in [3.8, 4) is 0 Å². The lowest BCUT2D eigenvalue weighted by Gasteiger charge is -2.50. The summed E-state index contributed by atoms with van der Waals surface area (Å²) in [6.45, 7) is 3.82. The highest BCUT2D eigenvalue weighted by Crippen LogP contribution is 2.45. The molecule has 0 aromatic carbocycles. The van der Waals surface area contributed by atoms with Crippen LogP contribution in [0.25, 0.3) is 0 Å². The van der Waals surface area contributed by atoms with Crippen molar-refractivity contribution in [3.63, 3.8) is 0 Å². The SMILES string of the molecule is CC1(C)C=C(C(=O)O)N2C(=O)C(N)[C@H]2S1. The number of carbonyl (C=O) groups excluding carboxylic acids is 1. The van der Waals surface area contributed by atoms with Crippen molar-refractivity contribution in [1.82, 2.24) is 4.90 Å². The molecule has 0 saturated carbocycles. The van der Waals surface area contributed by atoms with Gasteiger partial charge in [-0.25, -0.2) is 4.79 Å². The molecule has 3 N–H and O–H groups in total. The van der Waals surface area contributed by atoms with Crippen molar-refractivity contribution < 1.29 is 14.7 Å². The fourth-order valence-corrected chi connectivity index (χ4v) is 3.17. The molecule has 0 spiro atoms. The molecule has 2 heterocycles. The minimum Gasteiger partial charge on any atom is -0.477 e. The predicted octanol–water partition coefficient (Wildman–Crippen LogP) is -0.0241. The van der Waals surface area contributed by atoms with Gasteiger partial charge in [-0.1, -0.05) is 0 Å². The Morgan fingerprint density at radius 1 is 1.67 bits per heavy atom. The zero-order valence-corrected chi connectivity index (χ0v) is 9.25. The third-order valence-electron chi connectivity index (χ3n) is 2.47. The van der Waals surface area contributed by atoms with Crippen molar-refractivity contribution in [2.45, 2.75) is 30.0 Å². The molecular formula is C9H12N2O3S. The second-order valence-electron chi connectivity index (χ2n) is 4.18. The number of fused-ring (bicyclic) bond motifs is 1. The number of rotatable bonds is 1. The second-order valence-corrected chi connectivity index (χ2v) is 5.95. The molecule has 2 rings (SSSR count). The number of thioether (sulfide) groups is 1. The molecule has 2 aliphatic heterocycles. The molecule has 1 fully saturated rings. The maximum Gasteiger partial charge on any atom is 0.352 e. The number of β-lactam (4-membered cyclic amide) rings is 1. The van der Waals surface area contributed by atoms with Crippen molar-refractivity contribution >= 4 is 23.6 Å². The van der Waals surface area contributed by atoms with Gasteiger partial charge in [0.1, 0.15) is 17.1 Å². The summed E-state index contributed by atoms with van der Waals surface area (Å²) in [7, 11) is 0. The summed E-state index contributed by atoms with van der Waals surface area (Å²) < 4.78 is -0.298. The zero-order chi connectivity index (χ0) is 11.4. The fourth-order valence-electron chi connectivity index (χ4n) is 1.78. The topological polar surface area (TPSA) is 83.6 Å². The first-order valence-electron chi connectivity index (χ1n) is 4.56. The molecule has 0 aromatic rings. The maximum absolute atomic E-state index is 11.4. The van der Waals surface area contributed by atoms with Gasteiger partial charge in [0, 0.05) is 4.75 Å². The summed E-state index contributed by atoms with van der Waals surface area (Å²) in [5, 5.41) is 8.75. The minimum atomic E-state index is -1.08. The van der Waals surface area contributed by atoms with Crippen molar-refractivity contribution in [3.05, 3.63) is 11.8 Å². The zero-order valence-electron chi connectivity index (χ0n) is 8.43. The van der Waals surface area contributed by atoms with Gasteiger partial charge < -0.3 is 10.8 Å². The van der Waals surface area contributed by atoms with Crippen LogP contribution in [0.15, 0.2) is 11.8 Å². The average Bonchev–Trinajstić information content (AvgIpc) is 2.14. The van der Waals surface area contributed by atoms with Crippen LogP contribution in [0.5, 0.6) is 0 Å². The summed E-state index contributed by atoms with van der Waals surface area (Å²) >= 11 is 1.51. The standard InChI is InChI=1S/C9H12N2O3S/c1-9(2)3-4(8(13)14)11-6(12)5(10)7(11)15-9/h3,5,7H,10H2,1-2H3,(H,13,14)/t5?,7-/m1/s1. The van der Waals surface area contributed by atoms with Crippen LogP contribution >= 0.6 is 11.8 Å². The van der Waals surface area contributed by atoms with Gasteiger partial charge in [0.15, 0.2) is 0 Å². The van der Waals surface area contributed by atoms with E-state index in [0.717, 1.165) is 0 Å². The lowest BCUT2D eigenvalue weighted by Crippen LogP contribution is -2.69. The Morgan fingerprint density at radius 2 is 2.27 bits per heavy atom. The monoisotopic (exact) mass is 228 g/mol. The van der Waals surface area contributed by atoms with E-state index in [1.807, 2.05) is 13.8 Å². The molecule has 1 amide bonds. The molecule has 0 aromatic heterocycles. The van der Waals surface area contributed by atoms with Crippen LogP contribution < -0.4 is 5.73 Å². The Labute approximate surface area is 91.3 Å². The van der Waals surface area contributed by atoms with Crippen molar-refractivity contribution in [2.75, 3.05) is 0 Å². The number of hydrogen-bond acceptors (Lipinski definition) is 4. The van der Waals surface area contributed by atoms with Gasteiger partial charge in [-0.05, 0) is 19.9 Å². The number of hydrogen-bond donors (Lipinski definition) is 2. The lowest BCUT2D eigenvalue weighted by molar-refractivity contribution is -0.147. The number of nitrogens with two attached hydrogens (primary N) is 1. The van der Waals surface area contributed by atoms with Gasteiger partial charge in [0.2, 0.25) is 5.91 Å². The van der Waals surface area contributed by atoms with E-state index in [9.17, 15) is 9.59 Å². The quantitative estimate of drug-likeness (QED) is 0.616. The number of amides is 1. The largest absolute Gasteiger partial charge is 0.477 e. The van der Waals surface area contributed by atoms with E-state index < -0.39 is 12.0 Å². The molecule has 0 radical (unpaired) electrons. The molecule has 0 aliphatic carbocycles. The third kappa shape index (κ3) is 1.44. The van der Waals surface area contributed by atoms with Crippen LogP contribution in [0.2, 0.25) is 0 Å². The van der Waals surface area contributed by atoms with E-state index in [1.165, 1.54) is 16.7 Å². The number of carboxylic acid groups (broad SMARTS) is 1. The van der Waals surface area contributed by atoms with E-state index in [4.69, 9.17) is 10.8 Å². The fraction of sp³-hybridized carbons (Fsp3) is 0.556. The Kier molecular flexibility index (Phi) is 2.09. The Morgan fingerprint density at radius 3 is 2.80 bits per heavy atom. The van der Waals surface area contributed by atoms with Crippen molar-refractivity contribution in [1.29, 1.82) is 0 Å². The molecule has 15 heavy (non-hydrogen) atoms. The molecule has 82 valence electrons. The summed E-state index contributed by atoms with van der Waals surface area (Å²) in [5.74, 6) is -1.38. The number of nitrogens with zero attached hydrogens (tertiary/aromatic N) is 1. The van der Waals surface area contributed by atoms with Crippen LogP contribution in [0.3, 0.4) is 0 Å². The second kappa shape index (κ2) is 2.99. The summed E-state index contributed by atoms with van der Waals surface area (Å²) in [6, 6.07) is -0.572.